The first-order chi connectivity index (χ1) is 16.9. The summed E-state index contributed by atoms with van der Waals surface area (Å²) in [4.78, 5) is 48.7. The number of amides is 2. The van der Waals surface area contributed by atoms with Crippen molar-refractivity contribution in [3.63, 3.8) is 0 Å². The smallest absolute Gasteiger partial charge is 0.264 e. The van der Waals surface area contributed by atoms with E-state index in [0.717, 1.165) is 31.5 Å². The molecule has 0 radical (unpaired) electrons. The number of halogens is 1. The molecule has 184 valence electrons. The Morgan fingerprint density at radius 3 is 2.54 bits per heavy atom. The third-order valence-corrected chi connectivity index (χ3v) is 7.93. The zero-order valence-electron chi connectivity index (χ0n) is 19.7. The van der Waals surface area contributed by atoms with Crippen molar-refractivity contribution >= 4 is 39.1 Å². The van der Waals surface area contributed by atoms with E-state index in [1.54, 1.807) is 9.47 Å². The maximum atomic E-state index is 13.3. The zero-order chi connectivity index (χ0) is 24.5. The van der Waals surface area contributed by atoms with E-state index >= 15 is 0 Å². The van der Waals surface area contributed by atoms with Gasteiger partial charge in [-0.3, -0.25) is 23.9 Å². The average Bonchev–Trinajstić information content (AvgIpc) is 3.01. The Morgan fingerprint density at radius 2 is 1.80 bits per heavy atom. The molecule has 2 amide bonds. The van der Waals surface area contributed by atoms with Crippen molar-refractivity contribution in [3.8, 4) is 0 Å². The second-order valence-electron chi connectivity index (χ2n) is 9.16. The molecule has 0 unspecified atom stereocenters. The lowest BCUT2D eigenvalue weighted by molar-refractivity contribution is -0.117. The summed E-state index contributed by atoms with van der Waals surface area (Å²) in [6.45, 7) is 4.87. The van der Waals surface area contributed by atoms with Gasteiger partial charge in [0, 0.05) is 44.8 Å². The third kappa shape index (κ3) is 4.85. The highest BCUT2D eigenvalue weighted by Crippen LogP contribution is 2.29. The number of anilines is 1. The summed E-state index contributed by atoms with van der Waals surface area (Å²) in [5.41, 5.74) is 1.23. The summed E-state index contributed by atoms with van der Waals surface area (Å²) < 4.78 is 14.8. The number of rotatable bonds is 4. The van der Waals surface area contributed by atoms with Crippen LogP contribution in [0.4, 0.5) is 10.1 Å². The summed E-state index contributed by atoms with van der Waals surface area (Å²) in [6, 6.07) is 5.65. The molecular weight excluding hydrogens is 469 g/mol. The molecule has 0 saturated carbocycles. The molecule has 0 atom stereocenters. The number of carbonyl (C=O) groups is 2. The highest BCUT2D eigenvalue weighted by atomic mass is 32.1. The average molecular weight is 498 g/mol. The molecule has 0 aliphatic carbocycles. The van der Waals surface area contributed by atoms with Crippen molar-refractivity contribution in [1.29, 1.82) is 0 Å². The number of nitrogens with zero attached hydrogens (tertiary/aromatic N) is 4. The third-order valence-electron chi connectivity index (χ3n) is 6.76. The summed E-state index contributed by atoms with van der Waals surface area (Å²) in [7, 11) is 0. The number of nitrogens with one attached hydrogen (secondary N) is 1. The van der Waals surface area contributed by atoms with Gasteiger partial charge < -0.3 is 10.2 Å². The van der Waals surface area contributed by atoms with Gasteiger partial charge in [-0.15, -0.1) is 11.3 Å². The monoisotopic (exact) mass is 497 g/mol. The quantitative estimate of drug-likeness (QED) is 0.599. The van der Waals surface area contributed by atoms with Gasteiger partial charge in [-0.05, 0) is 49.6 Å². The molecule has 3 aromatic rings. The lowest BCUT2D eigenvalue weighted by Gasteiger charge is -2.34. The normalized spacial score (nSPS) is 16.7. The lowest BCUT2D eigenvalue weighted by Crippen LogP contribution is -2.50. The van der Waals surface area contributed by atoms with Crippen LogP contribution in [0, 0.1) is 12.7 Å². The van der Waals surface area contributed by atoms with E-state index in [9.17, 15) is 18.8 Å². The van der Waals surface area contributed by atoms with Crippen LogP contribution in [0.3, 0.4) is 0 Å². The Balaban J connectivity index is 1.24. The summed E-state index contributed by atoms with van der Waals surface area (Å²) >= 11 is 1.31. The summed E-state index contributed by atoms with van der Waals surface area (Å²) in [6.07, 6.45) is 3.89. The van der Waals surface area contributed by atoms with Crippen molar-refractivity contribution in [2.45, 2.75) is 39.2 Å². The van der Waals surface area contributed by atoms with Crippen molar-refractivity contribution in [2.24, 2.45) is 0 Å². The Bertz CT molecular complexity index is 1330. The Hall–Kier alpha value is -3.11. The first-order valence-electron chi connectivity index (χ1n) is 12.0. The van der Waals surface area contributed by atoms with Gasteiger partial charge in [0.25, 0.3) is 11.5 Å². The van der Waals surface area contributed by atoms with Gasteiger partial charge in [-0.2, -0.15) is 0 Å². The molecule has 2 aromatic heterocycles. The largest absolute Gasteiger partial charge is 0.335 e. The Morgan fingerprint density at radius 1 is 1.06 bits per heavy atom. The van der Waals surface area contributed by atoms with E-state index in [4.69, 9.17) is 4.98 Å². The fourth-order valence-corrected chi connectivity index (χ4v) is 5.96. The van der Waals surface area contributed by atoms with Gasteiger partial charge >= 0.3 is 0 Å². The van der Waals surface area contributed by atoms with E-state index in [0.29, 0.717) is 59.1 Å². The maximum absolute atomic E-state index is 13.3. The van der Waals surface area contributed by atoms with Crippen LogP contribution in [0.5, 0.6) is 0 Å². The molecule has 2 aliphatic rings. The molecule has 1 fully saturated rings. The number of hydrogen-bond acceptors (Lipinski definition) is 6. The second-order valence-corrected chi connectivity index (χ2v) is 10.2. The van der Waals surface area contributed by atoms with Gasteiger partial charge in [0.2, 0.25) is 5.91 Å². The zero-order valence-corrected chi connectivity index (χ0v) is 20.5. The van der Waals surface area contributed by atoms with Crippen LogP contribution in [0.2, 0.25) is 0 Å². The SMILES string of the molecule is Cc1c(C(=O)N2CCN(CC(=O)Nc3ccc(F)cc3)CC2)sc2nc3n(c(=O)c12)CCCCC3. The van der Waals surface area contributed by atoms with Gasteiger partial charge in [-0.25, -0.2) is 9.37 Å². The molecule has 35 heavy (non-hydrogen) atoms. The number of hydrogen-bond donors (Lipinski definition) is 1. The van der Waals surface area contributed by atoms with Crippen molar-refractivity contribution < 1.29 is 14.0 Å². The summed E-state index contributed by atoms with van der Waals surface area (Å²) in [5.74, 6) is 0.213. The molecule has 1 N–H and O–H groups in total. The van der Waals surface area contributed by atoms with Crippen LogP contribution in [0.1, 0.15) is 40.3 Å². The number of aryl methyl sites for hydroxylation is 2. The summed E-state index contributed by atoms with van der Waals surface area (Å²) in [5, 5.41) is 3.34. The molecule has 4 heterocycles. The first-order valence-corrected chi connectivity index (χ1v) is 12.8. The molecule has 1 aromatic carbocycles. The topological polar surface area (TPSA) is 87.5 Å². The van der Waals surface area contributed by atoms with Crippen LogP contribution < -0.4 is 10.9 Å². The van der Waals surface area contributed by atoms with E-state index in [1.807, 2.05) is 11.8 Å². The van der Waals surface area contributed by atoms with Crippen molar-refractivity contribution in [1.82, 2.24) is 19.4 Å². The van der Waals surface area contributed by atoms with Crippen molar-refractivity contribution in [2.75, 3.05) is 38.0 Å². The predicted molar refractivity (Wildman–Crippen MR) is 134 cm³/mol. The second kappa shape index (κ2) is 9.87. The highest BCUT2D eigenvalue weighted by molar-refractivity contribution is 7.20. The molecule has 0 spiro atoms. The molecule has 8 nitrogen and oxygen atoms in total. The van der Waals surface area contributed by atoms with E-state index in [1.165, 1.54) is 35.6 Å². The van der Waals surface area contributed by atoms with Crippen molar-refractivity contribution in [3.05, 3.63) is 56.7 Å². The van der Waals surface area contributed by atoms with Crippen LogP contribution in [-0.4, -0.2) is 63.9 Å². The van der Waals surface area contributed by atoms with Crippen LogP contribution in [0.25, 0.3) is 10.2 Å². The minimum atomic E-state index is -0.353. The molecule has 1 saturated heterocycles. The van der Waals surface area contributed by atoms with Crippen LogP contribution in [0.15, 0.2) is 29.1 Å². The number of benzene rings is 1. The van der Waals surface area contributed by atoms with Crippen LogP contribution in [-0.2, 0) is 17.8 Å². The van der Waals surface area contributed by atoms with Crippen LogP contribution >= 0.6 is 11.3 Å². The molecule has 0 bridgehead atoms. The molecule has 2 aliphatic heterocycles. The highest BCUT2D eigenvalue weighted by Gasteiger charge is 2.28. The Labute approximate surface area is 206 Å². The number of thiophene rings is 1. The lowest BCUT2D eigenvalue weighted by atomic mass is 10.2. The number of fused-ring (bicyclic) bond motifs is 2. The molecular formula is C25H28FN5O3S. The number of aromatic nitrogens is 2. The minimum Gasteiger partial charge on any atom is -0.335 e. The van der Waals surface area contributed by atoms with Gasteiger partial charge in [-0.1, -0.05) is 6.42 Å². The molecule has 10 heteroatoms. The Kier molecular flexibility index (Phi) is 6.66. The fraction of sp³-hybridized carbons (Fsp3) is 0.440. The predicted octanol–water partition coefficient (Wildman–Crippen LogP) is 3.03. The van der Waals surface area contributed by atoms with E-state index < -0.39 is 0 Å². The van der Waals surface area contributed by atoms with E-state index in [2.05, 4.69) is 5.32 Å². The fourth-order valence-electron chi connectivity index (χ4n) is 4.80. The molecule has 5 rings (SSSR count). The maximum Gasteiger partial charge on any atom is 0.264 e. The standard InChI is InChI=1S/C25H28FN5O3S/c1-16-21-23(28-19-5-3-2-4-10-31(19)24(21)33)35-22(16)25(34)30-13-11-29(12-14-30)15-20(32)27-18-8-6-17(26)7-9-18/h6-9H,2-5,10-15H2,1H3,(H,27,32). The number of piperazine rings is 1. The van der Waals surface area contributed by atoms with Gasteiger partial charge in [0.1, 0.15) is 16.5 Å². The minimum absolute atomic E-state index is 0.0308. The number of carbonyl (C=O) groups excluding carboxylic acids is 2. The first kappa shape index (κ1) is 23.6. The van der Waals surface area contributed by atoms with Gasteiger partial charge in [0.05, 0.1) is 16.8 Å². The van der Waals surface area contributed by atoms with E-state index in [-0.39, 0.29) is 29.7 Å². The van der Waals surface area contributed by atoms with Gasteiger partial charge in [0.15, 0.2) is 0 Å².